The van der Waals surface area contributed by atoms with E-state index in [0.29, 0.717) is 14.7 Å². The largest absolute Gasteiger partial charge is 0.478 e. The highest BCUT2D eigenvalue weighted by molar-refractivity contribution is 7.85. The molecule has 64 valence electrons. The van der Waals surface area contributed by atoms with Gasteiger partial charge in [0.1, 0.15) is 0 Å². The van der Waals surface area contributed by atoms with Crippen LogP contribution in [0.2, 0.25) is 0 Å². The first kappa shape index (κ1) is 9.83. The highest BCUT2D eigenvalue weighted by Gasteiger charge is 2.10. The second-order valence-electron chi connectivity index (χ2n) is 2.13. The topological polar surface area (TPSA) is 37.3 Å². The van der Waals surface area contributed by atoms with E-state index in [1.165, 1.54) is 6.07 Å². The molecule has 12 heavy (non-hydrogen) atoms. The molecule has 5 heteroatoms. The molecule has 0 amide bonds. The zero-order chi connectivity index (χ0) is 9.30. The predicted molar refractivity (Wildman–Crippen MR) is 55.2 cm³/mol. The van der Waals surface area contributed by atoms with Crippen LogP contribution in [0.3, 0.4) is 0 Å². The van der Waals surface area contributed by atoms with Crippen molar-refractivity contribution in [1.82, 2.24) is 0 Å². The molecule has 0 unspecified atom stereocenters. The fourth-order valence-electron chi connectivity index (χ4n) is 0.742. The fraction of sp³-hybridized carbons (Fsp3) is 0. The van der Waals surface area contributed by atoms with Crippen LogP contribution in [-0.2, 0) is 0 Å². The summed E-state index contributed by atoms with van der Waals surface area (Å²) in [5, 5.41) is 8.67. The molecule has 0 saturated heterocycles. The minimum Gasteiger partial charge on any atom is -0.478 e. The van der Waals surface area contributed by atoms with Gasteiger partial charge in [0.05, 0.1) is 5.56 Å². The molecule has 1 aromatic carbocycles. The summed E-state index contributed by atoms with van der Waals surface area (Å²) in [7, 11) is 0. The summed E-state index contributed by atoms with van der Waals surface area (Å²) in [6.45, 7) is 0. The average molecular weight is 218 g/mol. The van der Waals surface area contributed by atoms with Crippen molar-refractivity contribution < 1.29 is 9.90 Å². The maximum absolute atomic E-state index is 10.6. The Morgan fingerprint density at radius 1 is 1.17 bits per heavy atom. The molecule has 0 aliphatic carbocycles. The lowest BCUT2D eigenvalue weighted by molar-refractivity contribution is 0.0692. The summed E-state index contributed by atoms with van der Waals surface area (Å²) in [5.74, 6) is -1.01. The molecule has 0 bridgehead atoms. The number of carboxylic acids is 1. The van der Waals surface area contributed by atoms with E-state index in [0.717, 1.165) is 0 Å². The van der Waals surface area contributed by atoms with Gasteiger partial charge in [-0.1, -0.05) is 0 Å². The number of hydrogen-bond donors (Lipinski definition) is 4. The minimum absolute atomic E-state index is 0.140. The van der Waals surface area contributed by atoms with Gasteiger partial charge in [0.2, 0.25) is 0 Å². The lowest BCUT2D eigenvalue weighted by Crippen LogP contribution is -1.98. The van der Waals surface area contributed by atoms with Crippen LogP contribution in [0.1, 0.15) is 10.4 Å². The molecule has 0 aliphatic heterocycles. The first-order chi connectivity index (χ1) is 5.54. The summed E-state index contributed by atoms with van der Waals surface area (Å²) in [6, 6.07) is 3.03. The Morgan fingerprint density at radius 3 is 2.25 bits per heavy atom. The number of carboxylic acid groups (broad SMARTS) is 1. The summed E-state index contributed by atoms with van der Waals surface area (Å²) in [6.07, 6.45) is 0. The van der Waals surface area contributed by atoms with Crippen LogP contribution in [0.5, 0.6) is 0 Å². The first-order valence-electron chi connectivity index (χ1n) is 3.01. The Labute approximate surface area is 86.2 Å². The van der Waals surface area contributed by atoms with Crippen molar-refractivity contribution >= 4 is 43.9 Å². The molecule has 1 N–H and O–H groups in total. The molecule has 0 heterocycles. The molecule has 0 spiro atoms. The highest BCUT2D eigenvalue weighted by atomic mass is 32.1. The summed E-state index contributed by atoms with van der Waals surface area (Å²) < 4.78 is 0. The van der Waals surface area contributed by atoms with Crippen LogP contribution in [0.4, 0.5) is 0 Å². The van der Waals surface area contributed by atoms with Gasteiger partial charge < -0.3 is 5.11 Å². The van der Waals surface area contributed by atoms with Gasteiger partial charge in [-0.05, 0) is 12.1 Å². The van der Waals surface area contributed by atoms with Crippen molar-refractivity contribution in [3.05, 3.63) is 17.7 Å². The third-order valence-electron chi connectivity index (χ3n) is 1.36. The van der Waals surface area contributed by atoms with Crippen molar-refractivity contribution in [2.45, 2.75) is 14.7 Å². The first-order valence-corrected chi connectivity index (χ1v) is 4.35. The minimum atomic E-state index is -1.01. The van der Waals surface area contributed by atoms with E-state index in [2.05, 4.69) is 37.9 Å². The van der Waals surface area contributed by atoms with E-state index >= 15 is 0 Å². The zero-order valence-corrected chi connectivity index (χ0v) is 8.54. The quantitative estimate of drug-likeness (QED) is 0.546. The molecule has 0 aliphatic rings. The van der Waals surface area contributed by atoms with Crippen molar-refractivity contribution in [3.8, 4) is 0 Å². The predicted octanol–water partition coefficient (Wildman–Crippen LogP) is 2.25. The normalized spacial score (nSPS) is 9.92. The van der Waals surface area contributed by atoms with Crippen LogP contribution in [0.15, 0.2) is 26.8 Å². The number of carbonyl (C=O) groups is 1. The van der Waals surface area contributed by atoms with Gasteiger partial charge in [-0.25, -0.2) is 4.79 Å². The Kier molecular flexibility index (Phi) is 2.98. The number of benzene rings is 1. The van der Waals surface area contributed by atoms with E-state index in [-0.39, 0.29) is 5.56 Å². The average Bonchev–Trinajstić information content (AvgIpc) is 2.00. The second-order valence-corrected chi connectivity index (χ2v) is 3.51. The van der Waals surface area contributed by atoms with Crippen LogP contribution in [0, 0.1) is 0 Å². The molecule has 2 nitrogen and oxygen atoms in total. The summed E-state index contributed by atoms with van der Waals surface area (Å²) >= 11 is 12.1. The fourth-order valence-corrected chi connectivity index (χ4v) is 1.50. The Morgan fingerprint density at radius 2 is 1.75 bits per heavy atom. The standard InChI is InChI=1S/C7H6O2S3/c8-7(9)3-1-2-4(10)6(12)5(3)11/h1-2,10-12H,(H,8,9). The van der Waals surface area contributed by atoms with E-state index < -0.39 is 5.97 Å². The van der Waals surface area contributed by atoms with Crippen molar-refractivity contribution in [3.63, 3.8) is 0 Å². The lowest BCUT2D eigenvalue weighted by atomic mass is 10.2. The van der Waals surface area contributed by atoms with E-state index in [1.807, 2.05) is 0 Å². The smallest absolute Gasteiger partial charge is 0.336 e. The van der Waals surface area contributed by atoms with Gasteiger partial charge in [-0.2, -0.15) is 0 Å². The van der Waals surface area contributed by atoms with Gasteiger partial charge in [0.25, 0.3) is 0 Å². The summed E-state index contributed by atoms with van der Waals surface area (Å²) in [4.78, 5) is 12.0. The van der Waals surface area contributed by atoms with Crippen LogP contribution >= 0.6 is 37.9 Å². The van der Waals surface area contributed by atoms with Gasteiger partial charge in [0.15, 0.2) is 0 Å². The number of hydrogen-bond acceptors (Lipinski definition) is 4. The van der Waals surface area contributed by atoms with E-state index in [1.54, 1.807) is 6.07 Å². The van der Waals surface area contributed by atoms with Gasteiger partial charge in [-0.3, -0.25) is 0 Å². The van der Waals surface area contributed by atoms with Gasteiger partial charge in [0, 0.05) is 14.7 Å². The number of aromatic carboxylic acids is 1. The maximum atomic E-state index is 10.6. The van der Waals surface area contributed by atoms with Crippen LogP contribution < -0.4 is 0 Å². The van der Waals surface area contributed by atoms with Crippen LogP contribution in [0.25, 0.3) is 0 Å². The molecule has 1 aromatic rings. The maximum Gasteiger partial charge on any atom is 0.336 e. The molecule has 0 atom stereocenters. The molecule has 0 saturated carbocycles. The van der Waals surface area contributed by atoms with Crippen LogP contribution in [-0.4, -0.2) is 11.1 Å². The van der Waals surface area contributed by atoms with Crippen molar-refractivity contribution in [2.75, 3.05) is 0 Å². The second kappa shape index (κ2) is 3.64. The highest BCUT2D eigenvalue weighted by Crippen LogP contribution is 2.28. The van der Waals surface area contributed by atoms with Gasteiger partial charge in [-0.15, -0.1) is 37.9 Å². The molecule has 0 fully saturated rings. The number of rotatable bonds is 1. The monoisotopic (exact) mass is 218 g/mol. The zero-order valence-electron chi connectivity index (χ0n) is 5.85. The third kappa shape index (κ3) is 1.73. The Bertz CT molecular complexity index is 336. The molecule has 0 aromatic heterocycles. The Balaban J connectivity index is 3.36. The Hall–Kier alpha value is -0.260. The SMILES string of the molecule is O=C(O)c1ccc(S)c(S)c1S. The van der Waals surface area contributed by atoms with Crippen molar-refractivity contribution in [1.29, 1.82) is 0 Å². The number of thiol groups is 3. The molecular formula is C7H6O2S3. The molecule has 1 rings (SSSR count). The van der Waals surface area contributed by atoms with E-state index in [9.17, 15) is 4.79 Å². The lowest BCUT2D eigenvalue weighted by Gasteiger charge is -2.04. The van der Waals surface area contributed by atoms with Gasteiger partial charge >= 0.3 is 5.97 Å². The molecule has 0 radical (unpaired) electrons. The summed E-state index contributed by atoms with van der Waals surface area (Å²) in [5.41, 5.74) is 0.140. The third-order valence-corrected chi connectivity index (χ3v) is 3.01. The van der Waals surface area contributed by atoms with Crippen molar-refractivity contribution in [2.24, 2.45) is 0 Å². The van der Waals surface area contributed by atoms with E-state index in [4.69, 9.17) is 5.11 Å². The molecular weight excluding hydrogens is 212 g/mol.